The number of aliphatic hydroxyl groups excluding tert-OH is 7. The third-order valence-electron chi connectivity index (χ3n) is 12.4. The predicted octanol–water partition coefficient (Wildman–Crippen LogP) is 7.16. The number of carbonyl (C=O) groups excluding carboxylic acids is 2. The van der Waals surface area contributed by atoms with E-state index in [1.54, 1.807) is 0 Å². The molecule has 0 aromatic carbocycles. The molecule has 2 fully saturated rings. The minimum atomic E-state index is -1.76. The fraction of sp³-hybridized carbons (Fsp3) is 0.882. The second kappa shape index (κ2) is 38.8. The highest BCUT2D eigenvalue weighted by atomic mass is 16.7. The Morgan fingerprint density at radius 1 is 0.470 bits per heavy atom. The highest BCUT2D eigenvalue weighted by Gasteiger charge is 2.47. The molecule has 0 aromatic rings. The van der Waals surface area contributed by atoms with Crippen LogP contribution in [0, 0.1) is 0 Å². The van der Waals surface area contributed by atoms with Crippen molar-refractivity contribution in [1.29, 1.82) is 0 Å². The van der Waals surface area contributed by atoms with E-state index in [1.165, 1.54) is 96.3 Å². The number of hydrogen-bond donors (Lipinski definition) is 7. The van der Waals surface area contributed by atoms with Crippen molar-refractivity contribution in [1.82, 2.24) is 0 Å². The van der Waals surface area contributed by atoms with Crippen molar-refractivity contribution in [3.8, 4) is 0 Å². The Morgan fingerprint density at radius 3 is 1.33 bits per heavy atom. The molecule has 2 heterocycles. The molecule has 386 valence electrons. The van der Waals surface area contributed by atoms with Crippen LogP contribution in [-0.2, 0) is 38.0 Å². The number of allylic oxidation sites excluding steroid dienone is 4. The van der Waals surface area contributed by atoms with Crippen LogP contribution < -0.4 is 0 Å². The Hall–Kier alpha value is -2.02. The number of esters is 2. The lowest BCUT2D eigenvalue weighted by Crippen LogP contribution is -2.61. The van der Waals surface area contributed by atoms with E-state index < -0.39 is 92.7 Å². The smallest absolute Gasteiger partial charge is 0.306 e. The van der Waals surface area contributed by atoms with Gasteiger partial charge in [-0.15, -0.1) is 0 Å². The summed E-state index contributed by atoms with van der Waals surface area (Å²) >= 11 is 0. The van der Waals surface area contributed by atoms with Crippen LogP contribution in [0.2, 0.25) is 0 Å². The Bertz CT molecular complexity index is 1250. The van der Waals surface area contributed by atoms with Gasteiger partial charge in [0, 0.05) is 12.8 Å². The summed E-state index contributed by atoms with van der Waals surface area (Å²) in [7, 11) is 0. The molecular formula is C51H92O15. The van der Waals surface area contributed by atoms with Gasteiger partial charge < -0.3 is 64.2 Å². The van der Waals surface area contributed by atoms with Crippen LogP contribution in [0.5, 0.6) is 0 Å². The van der Waals surface area contributed by atoms with Crippen LogP contribution in [0.4, 0.5) is 0 Å². The highest BCUT2D eigenvalue weighted by Crippen LogP contribution is 2.26. The van der Waals surface area contributed by atoms with Crippen molar-refractivity contribution in [2.45, 2.75) is 261 Å². The average Bonchev–Trinajstić information content (AvgIpc) is 3.31. The number of aliphatic hydroxyl groups is 7. The number of carbonyl (C=O) groups is 2. The second-order valence-corrected chi connectivity index (χ2v) is 18.3. The maximum Gasteiger partial charge on any atom is 0.306 e. The molecule has 0 bridgehead atoms. The Labute approximate surface area is 396 Å². The molecule has 0 radical (unpaired) electrons. The van der Waals surface area contributed by atoms with Crippen molar-refractivity contribution >= 4 is 11.9 Å². The first-order chi connectivity index (χ1) is 32.0. The quantitative estimate of drug-likeness (QED) is 0.0184. The normalized spacial score (nSPS) is 26.3. The Balaban J connectivity index is 1.81. The van der Waals surface area contributed by atoms with Gasteiger partial charge in [0.25, 0.3) is 0 Å². The summed E-state index contributed by atoms with van der Waals surface area (Å²) in [6.07, 6.45) is 22.0. The number of hydrogen-bond acceptors (Lipinski definition) is 15. The van der Waals surface area contributed by atoms with E-state index >= 15 is 0 Å². The fourth-order valence-corrected chi connectivity index (χ4v) is 8.09. The van der Waals surface area contributed by atoms with Crippen LogP contribution >= 0.6 is 0 Å². The number of rotatable bonds is 40. The first kappa shape index (κ1) is 60.1. The minimum absolute atomic E-state index is 0.161. The molecule has 0 aromatic heterocycles. The van der Waals surface area contributed by atoms with Gasteiger partial charge in [-0.1, -0.05) is 141 Å². The molecule has 2 saturated heterocycles. The Kier molecular flexibility index (Phi) is 35.3. The molecule has 66 heavy (non-hydrogen) atoms. The molecule has 2 aliphatic heterocycles. The Morgan fingerprint density at radius 2 is 0.864 bits per heavy atom. The van der Waals surface area contributed by atoms with Crippen LogP contribution in [-0.4, -0.2) is 142 Å². The van der Waals surface area contributed by atoms with Gasteiger partial charge in [-0.05, 0) is 64.2 Å². The number of unbranched alkanes of at least 4 members (excludes halogenated alkanes) is 22. The van der Waals surface area contributed by atoms with E-state index in [2.05, 4.69) is 38.2 Å². The van der Waals surface area contributed by atoms with Crippen LogP contribution in [0.25, 0.3) is 0 Å². The molecule has 7 N–H and O–H groups in total. The first-order valence-corrected chi connectivity index (χ1v) is 25.9. The molecule has 15 nitrogen and oxygen atoms in total. The van der Waals surface area contributed by atoms with E-state index in [0.717, 1.165) is 57.8 Å². The molecular weight excluding hydrogens is 853 g/mol. The number of ether oxygens (including phenoxy) is 6. The third-order valence-corrected chi connectivity index (χ3v) is 12.4. The molecule has 0 spiro atoms. The largest absolute Gasteiger partial charge is 0.462 e. The summed E-state index contributed by atoms with van der Waals surface area (Å²) in [5.41, 5.74) is 0. The summed E-state index contributed by atoms with van der Waals surface area (Å²) in [5, 5.41) is 72.1. The predicted molar refractivity (Wildman–Crippen MR) is 252 cm³/mol. The zero-order valence-corrected chi connectivity index (χ0v) is 40.7. The van der Waals surface area contributed by atoms with Gasteiger partial charge in [0.05, 0.1) is 19.8 Å². The summed E-state index contributed by atoms with van der Waals surface area (Å²) in [6.45, 7) is 2.56. The van der Waals surface area contributed by atoms with Gasteiger partial charge in [0.15, 0.2) is 18.7 Å². The van der Waals surface area contributed by atoms with Crippen LogP contribution in [0.1, 0.15) is 194 Å². The van der Waals surface area contributed by atoms with Crippen molar-refractivity contribution in [3.05, 3.63) is 24.3 Å². The van der Waals surface area contributed by atoms with Crippen LogP contribution in [0.15, 0.2) is 24.3 Å². The van der Waals surface area contributed by atoms with Crippen molar-refractivity contribution in [2.75, 3.05) is 26.4 Å². The van der Waals surface area contributed by atoms with Gasteiger partial charge >= 0.3 is 11.9 Å². The van der Waals surface area contributed by atoms with E-state index in [4.69, 9.17) is 28.4 Å². The molecule has 0 saturated carbocycles. The minimum Gasteiger partial charge on any atom is -0.462 e. The molecule has 15 heteroatoms. The summed E-state index contributed by atoms with van der Waals surface area (Å²) in [4.78, 5) is 25.7. The molecule has 0 amide bonds. The van der Waals surface area contributed by atoms with Crippen molar-refractivity contribution in [2.24, 2.45) is 0 Å². The lowest BCUT2D eigenvalue weighted by molar-refractivity contribution is -0.332. The lowest BCUT2D eigenvalue weighted by atomic mass is 9.98. The molecule has 11 atom stereocenters. The maximum atomic E-state index is 13.0. The molecule has 4 unspecified atom stereocenters. The standard InChI is InChI=1S/C51H92O15/c1-3-5-7-9-11-13-15-17-19-21-23-25-27-29-31-33-42(53)61-36-39(64-43(54)34-32-30-28-26-24-22-20-18-16-14-12-10-8-6-4-2)37-62-50-49(60)47(58)45(56)41(66-50)38-63-51-48(59)46(57)44(55)40(35-52)65-51/h13-16,39-41,44-52,55-60H,3-12,17-38H2,1-2H3/b15-13+,16-14+/t39-,40-,41-,44+,45+,46?,47?,48?,49?,50-,51-/m1/s1. The van der Waals surface area contributed by atoms with Crippen LogP contribution in [0.3, 0.4) is 0 Å². The van der Waals surface area contributed by atoms with Gasteiger partial charge in [-0.3, -0.25) is 9.59 Å². The topological polar surface area (TPSA) is 231 Å². The zero-order chi connectivity index (χ0) is 48.2. The highest BCUT2D eigenvalue weighted by molar-refractivity contribution is 5.70. The fourth-order valence-electron chi connectivity index (χ4n) is 8.09. The van der Waals surface area contributed by atoms with Gasteiger partial charge in [-0.25, -0.2) is 0 Å². The average molecular weight is 945 g/mol. The van der Waals surface area contributed by atoms with E-state index in [1.807, 2.05) is 0 Å². The first-order valence-electron chi connectivity index (χ1n) is 25.9. The summed E-state index contributed by atoms with van der Waals surface area (Å²) in [6, 6.07) is 0. The van der Waals surface area contributed by atoms with Crippen molar-refractivity contribution in [3.63, 3.8) is 0 Å². The second-order valence-electron chi connectivity index (χ2n) is 18.3. The van der Waals surface area contributed by atoms with E-state index in [-0.39, 0.29) is 26.1 Å². The van der Waals surface area contributed by atoms with Gasteiger partial charge in [0.1, 0.15) is 55.4 Å². The summed E-state index contributed by atoms with van der Waals surface area (Å²) in [5.74, 6) is -0.931. The SMILES string of the molecule is CCCCCC/C=C/CCCCCCCCCC(=O)OC[C@H](CO[C@@H]1O[C@H](CO[C@@H]2O[C@H](CO)[C@H](O)C(O)C2O)[C@H](O)C(O)C1O)OC(=O)CCCCCCCCC/C=C/CCCCCC. The lowest BCUT2D eigenvalue weighted by Gasteiger charge is -2.42. The molecule has 0 aliphatic carbocycles. The zero-order valence-electron chi connectivity index (χ0n) is 40.7. The van der Waals surface area contributed by atoms with Crippen molar-refractivity contribution < 1.29 is 73.8 Å². The summed E-state index contributed by atoms with van der Waals surface area (Å²) < 4.78 is 33.6. The monoisotopic (exact) mass is 945 g/mol. The molecule has 2 aliphatic rings. The van der Waals surface area contributed by atoms with Gasteiger partial charge in [0.2, 0.25) is 0 Å². The maximum absolute atomic E-state index is 13.0. The van der Waals surface area contributed by atoms with E-state index in [0.29, 0.717) is 12.8 Å². The van der Waals surface area contributed by atoms with E-state index in [9.17, 15) is 45.3 Å². The third kappa shape index (κ3) is 26.7. The van der Waals surface area contributed by atoms with Gasteiger partial charge in [-0.2, -0.15) is 0 Å². The molecule has 2 rings (SSSR count).